The highest BCUT2D eigenvalue weighted by atomic mass is 19.2. The molecule has 0 bridgehead atoms. The van der Waals surface area contributed by atoms with Crippen molar-refractivity contribution in [3.63, 3.8) is 0 Å². The Kier molecular flexibility index (Phi) is 6.11. The highest BCUT2D eigenvalue weighted by Gasteiger charge is 2.19. The summed E-state index contributed by atoms with van der Waals surface area (Å²) in [6.07, 6.45) is 0. The van der Waals surface area contributed by atoms with E-state index in [1.807, 2.05) is 0 Å². The largest absolute Gasteiger partial charge is 0.493 e. The van der Waals surface area contributed by atoms with Crippen molar-refractivity contribution in [2.45, 2.75) is 0 Å². The highest BCUT2D eigenvalue weighted by molar-refractivity contribution is 5.99. The smallest absolute Gasteiger partial charge is 0.338 e. The second-order valence-electron chi connectivity index (χ2n) is 5.04. The van der Waals surface area contributed by atoms with E-state index in [0.717, 1.165) is 18.2 Å². The second-order valence-corrected chi connectivity index (χ2v) is 5.04. The van der Waals surface area contributed by atoms with Gasteiger partial charge in [-0.25, -0.2) is 13.6 Å². The fourth-order valence-corrected chi connectivity index (χ4v) is 2.17. The Balaban J connectivity index is 2.14. The quantitative estimate of drug-likeness (QED) is 0.554. The number of carbonyl (C=O) groups is 2. The van der Waals surface area contributed by atoms with Crippen LogP contribution in [-0.2, 0) is 4.74 Å². The minimum Gasteiger partial charge on any atom is -0.493 e. The van der Waals surface area contributed by atoms with Crippen LogP contribution in [0, 0.1) is 11.6 Å². The molecule has 0 unspecified atom stereocenters. The molecule has 0 aromatic heterocycles. The molecule has 0 heterocycles. The molecule has 0 amide bonds. The lowest BCUT2D eigenvalue weighted by atomic mass is 10.1. The lowest BCUT2D eigenvalue weighted by Crippen LogP contribution is -2.15. The number of halogens is 2. The Morgan fingerprint density at radius 2 is 1.46 bits per heavy atom. The summed E-state index contributed by atoms with van der Waals surface area (Å²) in [7, 11) is 4.19. The van der Waals surface area contributed by atoms with Crippen molar-refractivity contribution in [1.82, 2.24) is 0 Å². The Morgan fingerprint density at radius 3 is 1.96 bits per heavy atom. The molecule has 6 nitrogen and oxygen atoms in total. The van der Waals surface area contributed by atoms with E-state index in [9.17, 15) is 18.4 Å². The third-order valence-corrected chi connectivity index (χ3v) is 3.48. The molecule has 0 fully saturated rings. The van der Waals surface area contributed by atoms with Crippen molar-refractivity contribution in [2.24, 2.45) is 0 Å². The van der Waals surface area contributed by atoms with Crippen LogP contribution in [0.3, 0.4) is 0 Å². The van der Waals surface area contributed by atoms with Crippen molar-refractivity contribution in [2.75, 3.05) is 27.9 Å². The van der Waals surface area contributed by atoms with Crippen LogP contribution in [0.15, 0.2) is 30.3 Å². The van der Waals surface area contributed by atoms with Gasteiger partial charge in [0.2, 0.25) is 5.75 Å². The van der Waals surface area contributed by atoms with Crippen LogP contribution in [0.4, 0.5) is 8.78 Å². The second kappa shape index (κ2) is 8.28. The van der Waals surface area contributed by atoms with Crippen LogP contribution in [0.1, 0.15) is 20.7 Å². The molecule has 0 aliphatic rings. The third-order valence-electron chi connectivity index (χ3n) is 3.48. The van der Waals surface area contributed by atoms with Gasteiger partial charge in [-0.05, 0) is 30.3 Å². The number of hydrogen-bond acceptors (Lipinski definition) is 6. The molecule has 0 spiro atoms. The first-order valence-electron chi connectivity index (χ1n) is 7.36. The summed E-state index contributed by atoms with van der Waals surface area (Å²) in [5, 5.41) is 0. The van der Waals surface area contributed by atoms with Gasteiger partial charge in [-0.15, -0.1) is 0 Å². The summed E-state index contributed by atoms with van der Waals surface area (Å²) >= 11 is 0. The summed E-state index contributed by atoms with van der Waals surface area (Å²) in [5.74, 6) is -2.95. The van der Waals surface area contributed by atoms with E-state index in [0.29, 0.717) is 5.75 Å². The Morgan fingerprint density at radius 1 is 0.846 bits per heavy atom. The van der Waals surface area contributed by atoms with E-state index in [1.54, 1.807) is 0 Å². The van der Waals surface area contributed by atoms with E-state index in [1.165, 1.54) is 33.5 Å². The normalized spacial score (nSPS) is 10.2. The van der Waals surface area contributed by atoms with Gasteiger partial charge in [0, 0.05) is 5.56 Å². The van der Waals surface area contributed by atoms with Crippen molar-refractivity contribution >= 4 is 11.8 Å². The lowest BCUT2D eigenvalue weighted by molar-refractivity contribution is 0.0474. The lowest BCUT2D eigenvalue weighted by Gasteiger charge is -2.13. The molecule has 2 rings (SSSR count). The van der Waals surface area contributed by atoms with Crippen molar-refractivity contribution in [3.05, 3.63) is 53.1 Å². The zero-order valence-electron chi connectivity index (χ0n) is 14.3. The van der Waals surface area contributed by atoms with E-state index in [4.69, 9.17) is 18.9 Å². The van der Waals surface area contributed by atoms with Gasteiger partial charge in [0.25, 0.3) is 0 Å². The number of carbonyl (C=O) groups excluding carboxylic acids is 2. The highest BCUT2D eigenvalue weighted by Crippen LogP contribution is 2.38. The number of ketones is 1. The van der Waals surface area contributed by atoms with Crippen molar-refractivity contribution in [3.8, 4) is 17.2 Å². The molecule has 138 valence electrons. The van der Waals surface area contributed by atoms with Crippen molar-refractivity contribution < 1.29 is 37.3 Å². The molecule has 0 aliphatic carbocycles. The molecule has 0 radical (unpaired) electrons. The zero-order valence-corrected chi connectivity index (χ0v) is 14.3. The molecule has 26 heavy (non-hydrogen) atoms. The molecule has 8 heteroatoms. The summed E-state index contributed by atoms with van der Waals surface area (Å²) in [6, 6.07) is 5.40. The monoisotopic (exact) mass is 366 g/mol. The first-order chi connectivity index (χ1) is 12.4. The van der Waals surface area contributed by atoms with Crippen LogP contribution in [0.25, 0.3) is 0 Å². The fourth-order valence-electron chi connectivity index (χ4n) is 2.17. The predicted octanol–water partition coefficient (Wildman–Crippen LogP) is 3.03. The van der Waals surface area contributed by atoms with Gasteiger partial charge in [-0.3, -0.25) is 4.79 Å². The van der Waals surface area contributed by atoms with Crippen molar-refractivity contribution in [1.29, 1.82) is 0 Å². The van der Waals surface area contributed by atoms with Gasteiger partial charge in [0.15, 0.2) is 35.5 Å². The Labute approximate surface area is 148 Å². The average molecular weight is 366 g/mol. The number of methoxy groups -OCH3 is 3. The number of esters is 1. The van der Waals surface area contributed by atoms with E-state index in [-0.39, 0.29) is 22.6 Å². The first-order valence-corrected chi connectivity index (χ1v) is 7.36. The molecule has 0 aliphatic heterocycles. The van der Waals surface area contributed by atoms with E-state index in [2.05, 4.69) is 0 Å². The fraction of sp³-hybridized carbons (Fsp3) is 0.222. The topological polar surface area (TPSA) is 71.1 Å². The molecular formula is C18H16F2O6. The molecule has 0 saturated carbocycles. The Bertz CT molecular complexity index is 809. The predicted molar refractivity (Wildman–Crippen MR) is 87.1 cm³/mol. The van der Waals surface area contributed by atoms with Gasteiger partial charge in [0.05, 0.1) is 26.9 Å². The number of Topliss-reactive ketones (excluding diaryl/α,β-unsaturated/α-hetero) is 1. The maximum absolute atomic E-state index is 13.2. The zero-order chi connectivity index (χ0) is 19.3. The molecule has 0 atom stereocenters. The number of ether oxygens (including phenoxy) is 4. The minimum atomic E-state index is -1.16. The van der Waals surface area contributed by atoms with Crippen LogP contribution < -0.4 is 14.2 Å². The van der Waals surface area contributed by atoms with E-state index >= 15 is 0 Å². The van der Waals surface area contributed by atoms with E-state index < -0.39 is 30.0 Å². The molecule has 0 saturated heterocycles. The summed E-state index contributed by atoms with van der Waals surface area (Å²) in [4.78, 5) is 24.1. The first kappa shape index (κ1) is 19.2. The minimum absolute atomic E-state index is 0.0672. The van der Waals surface area contributed by atoms with Gasteiger partial charge in [-0.2, -0.15) is 0 Å². The van der Waals surface area contributed by atoms with Gasteiger partial charge < -0.3 is 18.9 Å². The number of rotatable bonds is 7. The van der Waals surface area contributed by atoms with Crippen LogP contribution in [0.2, 0.25) is 0 Å². The average Bonchev–Trinajstić information content (AvgIpc) is 2.66. The molecule has 2 aromatic rings. The van der Waals surface area contributed by atoms with Crippen LogP contribution in [0.5, 0.6) is 17.2 Å². The summed E-state index contributed by atoms with van der Waals surface area (Å²) in [6.45, 7) is -0.638. The summed E-state index contributed by atoms with van der Waals surface area (Å²) in [5.41, 5.74) is -0.0424. The number of hydrogen-bond donors (Lipinski definition) is 0. The van der Waals surface area contributed by atoms with Gasteiger partial charge in [-0.1, -0.05) is 0 Å². The van der Waals surface area contributed by atoms with Gasteiger partial charge >= 0.3 is 5.97 Å². The number of benzene rings is 2. The Hall–Kier alpha value is -3.16. The molecular weight excluding hydrogens is 350 g/mol. The third kappa shape index (κ3) is 4.08. The standard InChI is InChI=1S/C18H16F2O6/c1-23-15-7-11(8-16(24-2)17(15)25-3)18(22)26-9-14(21)10-4-5-12(19)13(20)6-10/h4-8H,9H2,1-3H3. The maximum atomic E-state index is 13.2. The molecule has 0 N–H and O–H groups in total. The van der Waals surface area contributed by atoms with Crippen LogP contribution >= 0.6 is 0 Å². The summed E-state index contributed by atoms with van der Waals surface area (Å²) < 4.78 is 46.4. The van der Waals surface area contributed by atoms with Gasteiger partial charge in [0.1, 0.15) is 0 Å². The van der Waals surface area contributed by atoms with Crippen LogP contribution in [-0.4, -0.2) is 39.7 Å². The SMILES string of the molecule is COc1cc(C(=O)OCC(=O)c2ccc(F)c(F)c2)cc(OC)c1OC. The molecule has 2 aromatic carbocycles. The maximum Gasteiger partial charge on any atom is 0.338 e.